The molecule has 2 heteroatoms. The van der Waals surface area contributed by atoms with E-state index in [9.17, 15) is 0 Å². The molecule has 0 spiro atoms. The predicted molar refractivity (Wildman–Crippen MR) is 62.7 cm³/mol. The van der Waals surface area contributed by atoms with Crippen LogP contribution in [-0.2, 0) is 0 Å². The largest absolute Gasteiger partial charge is 0.303 e. The van der Waals surface area contributed by atoms with E-state index in [0.717, 1.165) is 6.04 Å². The van der Waals surface area contributed by atoms with Gasteiger partial charge >= 0.3 is 0 Å². The molecule has 0 aromatic carbocycles. The summed E-state index contributed by atoms with van der Waals surface area (Å²) in [5, 5.41) is 0. The van der Waals surface area contributed by atoms with E-state index < -0.39 is 0 Å². The van der Waals surface area contributed by atoms with Crippen LogP contribution in [0.4, 0.5) is 0 Å². The summed E-state index contributed by atoms with van der Waals surface area (Å²) in [7, 11) is 2.28. The molecule has 14 heavy (non-hydrogen) atoms. The van der Waals surface area contributed by atoms with Gasteiger partial charge in [0.1, 0.15) is 0 Å². The van der Waals surface area contributed by atoms with Crippen molar-refractivity contribution in [2.75, 3.05) is 33.2 Å². The minimum Gasteiger partial charge on any atom is -0.303 e. The maximum Gasteiger partial charge on any atom is 0.0117 e. The Hall–Kier alpha value is -0.0800. The van der Waals surface area contributed by atoms with Crippen molar-refractivity contribution in [3.8, 4) is 0 Å². The van der Waals surface area contributed by atoms with Crippen molar-refractivity contribution in [3.05, 3.63) is 0 Å². The van der Waals surface area contributed by atoms with Gasteiger partial charge in [0, 0.05) is 6.04 Å². The summed E-state index contributed by atoms with van der Waals surface area (Å²) in [5.74, 6) is 0. The molecular weight excluding hydrogens is 172 g/mol. The van der Waals surface area contributed by atoms with Gasteiger partial charge < -0.3 is 9.80 Å². The van der Waals surface area contributed by atoms with Gasteiger partial charge in [0.15, 0.2) is 0 Å². The molecule has 1 fully saturated rings. The predicted octanol–water partition coefficient (Wildman–Crippen LogP) is 2.20. The SMILES string of the molecule is CCCN1CCC(N(C)CCC)CC1. The molecule has 0 bridgehead atoms. The number of likely N-dealkylation sites (tertiary alicyclic amines) is 1. The fraction of sp³-hybridized carbons (Fsp3) is 1.00. The third-order valence-corrected chi connectivity index (χ3v) is 3.30. The topological polar surface area (TPSA) is 6.48 Å². The molecule has 0 aliphatic carbocycles. The fourth-order valence-corrected chi connectivity index (χ4v) is 2.44. The lowest BCUT2D eigenvalue weighted by atomic mass is 10.0. The van der Waals surface area contributed by atoms with Gasteiger partial charge in [-0.25, -0.2) is 0 Å². The Morgan fingerprint density at radius 1 is 1.14 bits per heavy atom. The van der Waals surface area contributed by atoms with Crippen LogP contribution in [0.5, 0.6) is 0 Å². The fourth-order valence-electron chi connectivity index (χ4n) is 2.44. The number of rotatable bonds is 5. The highest BCUT2D eigenvalue weighted by Crippen LogP contribution is 2.15. The number of hydrogen-bond donors (Lipinski definition) is 0. The summed E-state index contributed by atoms with van der Waals surface area (Å²) in [6, 6.07) is 0.850. The average molecular weight is 198 g/mol. The minimum absolute atomic E-state index is 0.850. The molecule has 1 aliphatic rings. The van der Waals surface area contributed by atoms with Gasteiger partial charge in [-0.3, -0.25) is 0 Å². The third-order valence-electron chi connectivity index (χ3n) is 3.30. The second-order valence-electron chi connectivity index (χ2n) is 4.55. The van der Waals surface area contributed by atoms with Crippen LogP contribution in [0.2, 0.25) is 0 Å². The first-order valence-electron chi connectivity index (χ1n) is 6.20. The molecule has 0 atom stereocenters. The minimum atomic E-state index is 0.850. The maximum absolute atomic E-state index is 2.61. The van der Waals surface area contributed by atoms with Gasteiger partial charge in [-0.05, 0) is 58.9 Å². The zero-order valence-electron chi connectivity index (χ0n) is 10.1. The second-order valence-corrected chi connectivity index (χ2v) is 4.55. The smallest absolute Gasteiger partial charge is 0.0117 e. The van der Waals surface area contributed by atoms with Crippen LogP contribution in [0.15, 0.2) is 0 Å². The highest BCUT2D eigenvalue weighted by molar-refractivity contribution is 4.77. The van der Waals surface area contributed by atoms with Crippen molar-refractivity contribution in [2.24, 2.45) is 0 Å². The van der Waals surface area contributed by atoms with Crippen LogP contribution in [0.3, 0.4) is 0 Å². The van der Waals surface area contributed by atoms with Crippen molar-refractivity contribution in [2.45, 2.75) is 45.6 Å². The lowest BCUT2D eigenvalue weighted by Crippen LogP contribution is -2.43. The first-order chi connectivity index (χ1) is 6.77. The summed E-state index contributed by atoms with van der Waals surface area (Å²) in [5.41, 5.74) is 0. The molecule has 0 unspecified atom stereocenters. The van der Waals surface area contributed by atoms with Gasteiger partial charge in [0.2, 0.25) is 0 Å². The van der Waals surface area contributed by atoms with Gasteiger partial charge in [-0.2, -0.15) is 0 Å². The van der Waals surface area contributed by atoms with Gasteiger partial charge in [-0.15, -0.1) is 0 Å². The Morgan fingerprint density at radius 3 is 2.29 bits per heavy atom. The molecule has 0 aromatic rings. The Bertz CT molecular complexity index is 139. The average Bonchev–Trinajstić information content (AvgIpc) is 2.20. The second kappa shape index (κ2) is 6.41. The molecular formula is C12H26N2. The van der Waals surface area contributed by atoms with Crippen LogP contribution < -0.4 is 0 Å². The number of nitrogens with zero attached hydrogens (tertiary/aromatic N) is 2. The van der Waals surface area contributed by atoms with Crippen molar-refractivity contribution >= 4 is 0 Å². The molecule has 0 radical (unpaired) electrons. The van der Waals surface area contributed by atoms with E-state index in [4.69, 9.17) is 0 Å². The van der Waals surface area contributed by atoms with E-state index in [1.807, 2.05) is 0 Å². The molecule has 1 heterocycles. The standard InChI is InChI=1S/C12H26N2/c1-4-8-13(3)12-6-10-14(9-5-2)11-7-12/h12H,4-11H2,1-3H3. The Labute approximate surface area is 89.3 Å². The van der Waals surface area contributed by atoms with Gasteiger partial charge in [-0.1, -0.05) is 13.8 Å². The van der Waals surface area contributed by atoms with Gasteiger partial charge in [0.05, 0.1) is 0 Å². The summed E-state index contributed by atoms with van der Waals surface area (Å²) >= 11 is 0. The van der Waals surface area contributed by atoms with Crippen LogP contribution in [0, 0.1) is 0 Å². The molecule has 2 nitrogen and oxygen atoms in total. The number of hydrogen-bond acceptors (Lipinski definition) is 2. The van der Waals surface area contributed by atoms with E-state index >= 15 is 0 Å². The lowest BCUT2D eigenvalue weighted by molar-refractivity contribution is 0.128. The van der Waals surface area contributed by atoms with Crippen LogP contribution >= 0.6 is 0 Å². The molecule has 0 N–H and O–H groups in total. The lowest BCUT2D eigenvalue weighted by Gasteiger charge is -2.36. The molecule has 1 rings (SSSR count). The third kappa shape index (κ3) is 3.58. The summed E-state index contributed by atoms with van der Waals surface area (Å²) in [6.07, 6.45) is 5.33. The summed E-state index contributed by atoms with van der Waals surface area (Å²) < 4.78 is 0. The van der Waals surface area contributed by atoms with E-state index in [2.05, 4.69) is 30.7 Å². The first kappa shape index (κ1) is 12.0. The molecule has 84 valence electrons. The normalized spacial score (nSPS) is 20.6. The van der Waals surface area contributed by atoms with Crippen LogP contribution in [-0.4, -0.2) is 49.1 Å². The van der Waals surface area contributed by atoms with Crippen molar-refractivity contribution in [1.82, 2.24) is 9.80 Å². The zero-order valence-corrected chi connectivity index (χ0v) is 10.1. The Morgan fingerprint density at radius 2 is 1.79 bits per heavy atom. The van der Waals surface area contributed by atoms with Crippen LogP contribution in [0.1, 0.15) is 39.5 Å². The van der Waals surface area contributed by atoms with Gasteiger partial charge in [0.25, 0.3) is 0 Å². The Kier molecular flexibility index (Phi) is 5.49. The highest BCUT2D eigenvalue weighted by atomic mass is 15.2. The van der Waals surface area contributed by atoms with E-state index in [1.54, 1.807) is 0 Å². The molecule has 1 aliphatic heterocycles. The maximum atomic E-state index is 2.61. The Balaban J connectivity index is 2.21. The van der Waals surface area contributed by atoms with E-state index in [-0.39, 0.29) is 0 Å². The summed E-state index contributed by atoms with van der Waals surface area (Å²) in [4.78, 5) is 5.15. The molecule has 0 saturated carbocycles. The zero-order chi connectivity index (χ0) is 10.4. The number of piperidine rings is 1. The quantitative estimate of drug-likeness (QED) is 0.668. The molecule has 1 saturated heterocycles. The molecule has 0 aromatic heterocycles. The highest BCUT2D eigenvalue weighted by Gasteiger charge is 2.20. The first-order valence-corrected chi connectivity index (χ1v) is 6.20. The van der Waals surface area contributed by atoms with Crippen molar-refractivity contribution in [3.63, 3.8) is 0 Å². The van der Waals surface area contributed by atoms with Crippen LogP contribution in [0.25, 0.3) is 0 Å². The van der Waals surface area contributed by atoms with Crippen molar-refractivity contribution < 1.29 is 0 Å². The monoisotopic (exact) mass is 198 g/mol. The molecule has 0 amide bonds. The van der Waals surface area contributed by atoms with E-state index in [0.29, 0.717) is 0 Å². The summed E-state index contributed by atoms with van der Waals surface area (Å²) in [6.45, 7) is 9.72. The van der Waals surface area contributed by atoms with E-state index in [1.165, 1.54) is 51.9 Å². The van der Waals surface area contributed by atoms with Crippen molar-refractivity contribution in [1.29, 1.82) is 0 Å².